The van der Waals surface area contributed by atoms with Gasteiger partial charge in [-0.15, -0.1) is 11.3 Å². The number of amides is 1. The Balaban J connectivity index is 1.85. The number of thiophene rings is 1. The number of benzene rings is 1. The number of rotatable bonds is 5. The van der Waals surface area contributed by atoms with Crippen LogP contribution in [0.25, 0.3) is 0 Å². The molecule has 21 heavy (non-hydrogen) atoms. The molecule has 4 nitrogen and oxygen atoms in total. The van der Waals surface area contributed by atoms with Crippen LogP contribution in [-0.2, 0) is 16.1 Å². The van der Waals surface area contributed by atoms with E-state index in [1.165, 1.54) is 23.5 Å². The Morgan fingerprint density at radius 2 is 1.86 bits per heavy atom. The minimum Gasteiger partial charge on any atom is -0.452 e. The number of halogens is 2. The van der Waals surface area contributed by atoms with Crippen LogP contribution in [0.3, 0.4) is 0 Å². The Kier molecular flexibility index (Phi) is 5.61. The number of hydrogen-bond donors (Lipinski definition) is 1. The lowest BCUT2D eigenvalue weighted by atomic mass is 10.2. The molecule has 2 aromatic rings. The summed E-state index contributed by atoms with van der Waals surface area (Å²) in [6.07, 6.45) is 0. The average Bonchev–Trinajstić information content (AvgIpc) is 2.96. The fourth-order valence-electron chi connectivity index (χ4n) is 1.55. The summed E-state index contributed by atoms with van der Waals surface area (Å²) in [6, 6.07) is 8.48. The van der Waals surface area contributed by atoms with Crippen molar-refractivity contribution in [2.45, 2.75) is 6.54 Å². The maximum Gasteiger partial charge on any atom is 0.341 e. The molecule has 1 heterocycles. The number of carbonyl (C=O) groups excluding carboxylic acids is 2. The maximum atomic E-state index is 11.9. The quantitative estimate of drug-likeness (QED) is 0.845. The van der Waals surface area contributed by atoms with E-state index >= 15 is 0 Å². The standard InChI is InChI=1S/C14H11Cl2NO3S/c15-10-4-1-5-11(16)13(10)14(19)20-8-12(18)17-7-9-3-2-6-21-9/h1-6H,7-8H2,(H,17,18). The first-order valence-electron chi connectivity index (χ1n) is 5.98. The summed E-state index contributed by atoms with van der Waals surface area (Å²) in [5.74, 6) is -1.11. The van der Waals surface area contributed by atoms with Gasteiger partial charge in [0, 0.05) is 4.88 Å². The van der Waals surface area contributed by atoms with Crippen LogP contribution in [0, 0.1) is 0 Å². The number of hydrogen-bond acceptors (Lipinski definition) is 4. The van der Waals surface area contributed by atoms with Crippen LogP contribution >= 0.6 is 34.5 Å². The summed E-state index contributed by atoms with van der Waals surface area (Å²) >= 11 is 13.3. The van der Waals surface area contributed by atoms with Crippen molar-refractivity contribution in [1.82, 2.24) is 5.32 Å². The summed E-state index contributed by atoms with van der Waals surface area (Å²) in [6.45, 7) is 0.0205. The second kappa shape index (κ2) is 7.45. The van der Waals surface area contributed by atoms with Gasteiger partial charge in [-0.3, -0.25) is 4.79 Å². The fourth-order valence-corrected chi connectivity index (χ4v) is 2.74. The highest BCUT2D eigenvalue weighted by atomic mass is 35.5. The number of esters is 1. The lowest BCUT2D eigenvalue weighted by Crippen LogP contribution is -2.28. The summed E-state index contributed by atoms with van der Waals surface area (Å²) in [5.41, 5.74) is 0.0619. The van der Waals surface area contributed by atoms with Crippen molar-refractivity contribution in [3.05, 3.63) is 56.2 Å². The zero-order valence-electron chi connectivity index (χ0n) is 10.8. The lowest BCUT2D eigenvalue weighted by molar-refractivity contribution is -0.124. The zero-order chi connectivity index (χ0) is 15.2. The second-order valence-electron chi connectivity index (χ2n) is 4.03. The highest BCUT2D eigenvalue weighted by Crippen LogP contribution is 2.24. The third kappa shape index (κ3) is 4.46. The maximum absolute atomic E-state index is 11.9. The van der Waals surface area contributed by atoms with Crippen LogP contribution in [0.2, 0.25) is 10.0 Å². The summed E-state index contributed by atoms with van der Waals surface area (Å²) in [5, 5.41) is 4.94. The van der Waals surface area contributed by atoms with E-state index < -0.39 is 5.97 Å². The van der Waals surface area contributed by atoms with E-state index in [1.54, 1.807) is 6.07 Å². The van der Waals surface area contributed by atoms with E-state index in [0.29, 0.717) is 6.54 Å². The average molecular weight is 344 g/mol. The van der Waals surface area contributed by atoms with Gasteiger partial charge in [0.05, 0.1) is 22.2 Å². The first-order chi connectivity index (χ1) is 10.1. The van der Waals surface area contributed by atoms with Crippen molar-refractivity contribution in [3.63, 3.8) is 0 Å². The van der Waals surface area contributed by atoms with Crippen molar-refractivity contribution in [3.8, 4) is 0 Å². The number of nitrogens with one attached hydrogen (secondary N) is 1. The molecule has 0 aliphatic carbocycles. The molecule has 0 bridgehead atoms. The third-order valence-corrected chi connectivity index (χ3v) is 4.05. The van der Waals surface area contributed by atoms with E-state index in [0.717, 1.165) is 4.88 Å². The van der Waals surface area contributed by atoms with Crippen molar-refractivity contribution in [1.29, 1.82) is 0 Å². The van der Waals surface area contributed by atoms with Gasteiger partial charge in [-0.2, -0.15) is 0 Å². The molecular formula is C14H11Cl2NO3S. The van der Waals surface area contributed by atoms with E-state index in [2.05, 4.69) is 5.32 Å². The third-order valence-electron chi connectivity index (χ3n) is 2.54. The van der Waals surface area contributed by atoms with E-state index in [-0.39, 0.29) is 28.1 Å². The first-order valence-corrected chi connectivity index (χ1v) is 7.61. The molecule has 110 valence electrons. The van der Waals surface area contributed by atoms with Gasteiger partial charge in [-0.05, 0) is 23.6 Å². The topological polar surface area (TPSA) is 55.4 Å². The van der Waals surface area contributed by atoms with Crippen LogP contribution < -0.4 is 5.32 Å². The summed E-state index contributed by atoms with van der Waals surface area (Å²) < 4.78 is 4.90. The predicted octanol–water partition coefficient (Wildman–Crippen LogP) is 3.53. The lowest BCUT2D eigenvalue weighted by Gasteiger charge is -2.08. The molecule has 2 rings (SSSR count). The monoisotopic (exact) mass is 343 g/mol. The van der Waals surface area contributed by atoms with Crippen LogP contribution in [0.15, 0.2) is 35.7 Å². The number of carbonyl (C=O) groups is 2. The second-order valence-corrected chi connectivity index (χ2v) is 5.88. The number of ether oxygens (including phenoxy) is 1. The molecule has 0 saturated carbocycles. The molecule has 1 aromatic carbocycles. The molecule has 0 radical (unpaired) electrons. The first kappa shape index (κ1) is 15.8. The van der Waals surface area contributed by atoms with Crippen molar-refractivity contribution in [2.75, 3.05) is 6.61 Å². The van der Waals surface area contributed by atoms with Crippen LogP contribution in [0.1, 0.15) is 15.2 Å². The van der Waals surface area contributed by atoms with Gasteiger partial charge >= 0.3 is 5.97 Å². The molecule has 1 aromatic heterocycles. The Morgan fingerprint density at radius 3 is 2.48 bits per heavy atom. The Morgan fingerprint density at radius 1 is 1.14 bits per heavy atom. The van der Waals surface area contributed by atoms with Crippen LogP contribution in [0.5, 0.6) is 0 Å². The van der Waals surface area contributed by atoms with Crippen molar-refractivity contribution in [2.24, 2.45) is 0 Å². The molecule has 7 heteroatoms. The molecule has 0 atom stereocenters. The van der Waals surface area contributed by atoms with E-state index in [9.17, 15) is 9.59 Å². The molecule has 0 spiro atoms. The van der Waals surface area contributed by atoms with Crippen molar-refractivity contribution < 1.29 is 14.3 Å². The SMILES string of the molecule is O=C(COC(=O)c1c(Cl)cccc1Cl)NCc1cccs1. The Hall–Kier alpha value is -1.56. The van der Waals surface area contributed by atoms with Gasteiger partial charge in [0.2, 0.25) is 0 Å². The van der Waals surface area contributed by atoms with Crippen LogP contribution in [-0.4, -0.2) is 18.5 Å². The normalized spacial score (nSPS) is 10.2. The van der Waals surface area contributed by atoms with E-state index in [4.69, 9.17) is 27.9 Å². The van der Waals surface area contributed by atoms with Gasteiger partial charge in [0.15, 0.2) is 6.61 Å². The summed E-state index contributed by atoms with van der Waals surface area (Å²) in [4.78, 5) is 24.5. The molecule has 0 aliphatic rings. The molecule has 1 amide bonds. The highest BCUT2D eigenvalue weighted by molar-refractivity contribution is 7.09. The smallest absolute Gasteiger partial charge is 0.341 e. The molecule has 0 fully saturated rings. The Labute approximate surface area is 135 Å². The fraction of sp³-hybridized carbons (Fsp3) is 0.143. The van der Waals surface area contributed by atoms with Gasteiger partial charge in [-0.25, -0.2) is 4.79 Å². The molecule has 0 aliphatic heterocycles. The van der Waals surface area contributed by atoms with Gasteiger partial charge in [0.25, 0.3) is 5.91 Å². The Bertz CT molecular complexity index is 623. The van der Waals surface area contributed by atoms with Crippen molar-refractivity contribution >= 4 is 46.4 Å². The van der Waals surface area contributed by atoms with Gasteiger partial charge in [0.1, 0.15) is 0 Å². The minimum absolute atomic E-state index is 0.0619. The van der Waals surface area contributed by atoms with Gasteiger partial charge in [-0.1, -0.05) is 35.3 Å². The largest absolute Gasteiger partial charge is 0.452 e. The highest BCUT2D eigenvalue weighted by Gasteiger charge is 2.17. The van der Waals surface area contributed by atoms with E-state index in [1.807, 2.05) is 17.5 Å². The molecule has 0 unspecified atom stereocenters. The van der Waals surface area contributed by atoms with Gasteiger partial charge < -0.3 is 10.1 Å². The molecule has 1 N–H and O–H groups in total. The summed E-state index contributed by atoms with van der Waals surface area (Å²) in [7, 11) is 0. The minimum atomic E-state index is -0.725. The zero-order valence-corrected chi connectivity index (χ0v) is 13.1. The predicted molar refractivity (Wildman–Crippen MR) is 82.9 cm³/mol. The van der Waals surface area contributed by atoms with Crippen LogP contribution in [0.4, 0.5) is 0 Å². The molecule has 0 saturated heterocycles. The molecular weight excluding hydrogens is 333 g/mol.